The topological polar surface area (TPSA) is 12.0 Å². The molecule has 0 heterocycles. The summed E-state index contributed by atoms with van der Waals surface area (Å²) in [7, 11) is 0. The Balaban J connectivity index is 2.43. The Morgan fingerprint density at radius 3 is 2.06 bits per heavy atom. The van der Waals surface area contributed by atoms with E-state index in [2.05, 4.69) is 39.9 Å². The average Bonchev–Trinajstić information content (AvgIpc) is 2.33. The molecular weight excluding hydrogens is 218 g/mol. The van der Waals surface area contributed by atoms with Gasteiger partial charge in [-0.3, -0.25) is 0 Å². The molecule has 1 aliphatic rings. The van der Waals surface area contributed by atoms with E-state index in [9.17, 15) is 0 Å². The fraction of sp³-hybridized carbons (Fsp3) is 1.00. The Morgan fingerprint density at radius 2 is 1.61 bits per heavy atom. The first-order valence-corrected chi connectivity index (χ1v) is 8.22. The van der Waals surface area contributed by atoms with Gasteiger partial charge in [-0.1, -0.05) is 41.0 Å². The van der Waals surface area contributed by atoms with Gasteiger partial charge in [-0.15, -0.1) is 0 Å². The monoisotopic (exact) mass is 253 g/mol. The first kappa shape index (κ1) is 16.0. The minimum Gasteiger partial charge on any atom is -0.314 e. The van der Waals surface area contributed by atoms with E-state index in [1.54, 1.807) is 0 Å². The quantitative estimate of drug-likeness (QED) is 0.702. The summed E-state index contributed by atoms with van der Waals surface area (Å²) < 4.78 is 0. The standard InChI is InChI=1S/C17H35N/c1-6-8-16(18-13-7-2)14-9-11-15(12-10-14)17(3,4)5/h14-16,18H,6-13H2,1-5H3. The van der Waals surface area contributed by atoms with Crippen LogP contribution in [-0.4, -0.2) is 12.6 Å². The Kier molecular flexibility index (Phi) is 6.70. The molecule has 18 heavy (non-hydrogen) atoms. The zero-order valence-corrected chi connectivity index (χ0v) is 13.4. The third kappa shape index (κ3) is 4.91. The van der Waals surface area contributed by atoms with Crippen molar-refractivity contribution in [2.75, 3.05) is 6.54 Å². The predicted octanol–water partition coefficient (Wildman–Crippen LogP) is 5.01. The van der Waals surface area contributed by atoms with Crippen LogP contribution in [-0.2, 0) is 0 Å². The van der Waals surface area contributed by atoms with Crippen LogP contribution in [0.5, 0.6) is 0 Å². The maximum atomic E-state index is 3.79. The molecule has 1 aliphatic carbocycles. The van der Waals surface area contributed by atoms with Crippen molar-refractivity contribution < 1.29 is 0 Å². The molecule has 0 aromatic heterocycles. The minimum atomic E-state index is 0.516. The highest BCUT2D eigenvalue weighted by Crippen LogP contribution is 2.41. The van der Waals surface area contributed by atoms with Crippen molar-refractivity contribution in [2.45, 2.75) is 85.6 Å². The van der Waals surface area contributed by atoms with Gasteiger partial charge in [0.1, 0.15) is 0 Å². The lowest BCUT2D eigenvalue weighted by Crippen LogP contribution is -2.39. The third-order valence-electron chi connectivity index (χ3n) is 4.82. The molecule has 0 amide bonds. The molecule has 1 heteroatoms. The fourth-order valence-electron chi connectivity index (χ4n) is 3.53. The smallest absolute Gasteiger partial charge is 0.00952 e. The molecule has 0 radical (unpaired) electrons. The van der Waals surface area contributed by atoms with Crippen LogP contribution >= 0.6 is 0 Å². The van der Waals surface area contributed by atoms with Crippen molar-refractivity contribution >= 4 is 0 Å². The lowest BCUT2D eigenvalue weighted by atomic mass is 9.68. The van der Waals surface area contributed by atoms with Crippen LogP contribution in [0.15, 0.2) is 0 Å². The van der Waals surface area contributed by atoms with Crippen molar-refractivity contribution in [3.63, 3.8) is 0 Å². The average molecular weight is 253 g/mol. The molecule has 0 aliphatic heterocycles. The molecule has 0 aromatic carbocycles. The fourth-order valence-corrected chi connectivity index (χ4v) is 3.53. The molecule has 0 aromatic rings. The Hall–Kier alpha value is -0.0400. The molecule has 108 valence electrons. The summed E-state index contributed by atoms with van der Waals surface area (Å²) >= 11 is 0. The number of nitrogens with one attached hydrogen (secondary N) is 1. The van der Waals surface area contributed by atoms with Crippen molar-refractivity contribution in [1.29, 1.82) is 0 Å². The van der Waals surface area contributed by atoms with Crippen LogP contribution < -0.4 is 5.32 Å². The highest BCUT2D eigenvalue weighted by Gasteiger charge is 2.32. The number of hydrogen-bond donors (Lipinski definition) is 1. The summed E-state index contributed by atoms with van der Waals surface area (Å²) in [6, 6.07) is 0.788. The number of hydrogen-bond acceptors (Lipinski definition) is 1. The summed E-state index contributed by atoms with van der Waals surface area (Å²) in [6.45, 7) is 13.0. The molecule has 0 spiro atoms. The summed E-state index contributed by atoms with van der Waals surface area (Å²) in [6.07, 6.45) is 9.74. The highest BCUT2D eigenvalue weighted by molar-refractivity contribution is 4.85. The van der Waals surface area contributed by atoms with E-state index >= 15 is 0 Å². The van der Waals surface area contributed by atoms with E-state index in [0.29, 0.717) is 5.41 Å². The SMILES string of the molecule is CCCNC(CCC)C1CCC(C(C)(C)C)CC1. The molecule has 1 fully saturated rings. The molecule has 1 N–H and O–H groups in total. The second-order valence-corrected chi connectivity index (χ2v) is 7.33. The van der Waals surface area contributed by atoms with E-state index in [0.717, 1.165) is 17.9 Å². The van der Waals surface area contributed by atoms with Crippen LogP contribution in [0.1, 0.15) is 79.6 Å². The molecule has 0 saturated heterocycles. The summed E-state index contributed by atoms with van der Waals surface area (Å²) in [4.78, 5) is 0. The summed E-state index contributed by atoms with van der Waals surface area (Å²) in [5.74, 6) is 1.89. The van der Waals surface area contributed by atoms with Crippen LogP contribution in [0.4, 0.5) is 0 Å². The molecule has 1 atom stereocenters. The normalized spacial score (nSPS) is 27.2. The second kappa shape index (κ2) is 7.53. The van der Waals surface area contributed by atoms with Gasteiger partial charge in [-0.05, 0) is 62.3 Å². The van der Waals surface area contributed by atoms with Crippen molar-refractivity contribution in [1.82, 2.24) is 5.32 Å². The maximum Gasteiger partial charge on any atom is 0.00952 e. The van der Waals surface area contributed by atoms with E-state index in [4.69, 9.17) is 0 Å². The molecule has 1 rings (SSSR count). The molecule has 1 nitrogen and oxygen atoms in total. The van der Waals surface area contributed by atoms with Gasteiger partial charge >= 0.3 is 0 Å². The number of rotatable bonds is 6. The molecule has 0 bridgehead atoms. The Labute approximate surface area is 115 Å². The van der Waals surface area contributed by atoms with Gasteiger partial charge in [-0.25, -0.2) is 0 Å². The zero-order chi connectivity index (χ0) is 13.6. The predicted molar refractivity (Wildman–Crippen MR) is 81.9 cm³/mol. The molecular formula is C17H35N. The van der Waals surface area contributed by atoms with Crippen LogP contribution in [0.2, 0.25) is 0 Å². The largest absolute Gasteiger partial charge is 0.314 e. The minimum absolute atomic E-state index is 0.516. The first-order valence-electron chi connectivity index (χ1n) is 8.22. The Morgan fingerprint density at radius 1 is 1.00 bits per heavy atom. The third-order valence-corrected chi connectivity index (χ3v) is 4.82. The van der Waals surface area contributed by atoms with E-state index in [1.807, 2.05) is 0 Å². The van der Waals surface area contributed by atoms with Crippen molar-refractivity contribution in [3.8, 4) is 0 Å². The first-order chi connectivity index (χ1) is 8.49. The van der Waals surface area contributed by atoms with Gasteiger partial charge in [0.05, 0.1) is 0 Å². The molecule has 1 saturated carbocycles. The van der Waals surface area contributed by atoms with E-state index in [-0.39, 0.29) is 0 Å². The van der Waals surface area contributed by atoms with Crippen LogP contribution in [0, 0.1) is 17.3 Å². The second-order valence-electron chi connectivity index (χ2n) is 7.33. The van der Waals surface area contributed by atoms with E-state index in [1.165, 1.54) is 51.5 Å². The van der Waals surface area contributed by atoms with Gasteiger partial charge in [-0.2, -0.15) is 0 Å². The summed E-state index contributed by atoms with van der Waals surface area (Å²) in [5.41, 5.74) is 0.516. The Bertz CT molecular complexity index is 208. The van der Waals surface area contributed by atoms with E-state index < -0.39 is 0 Å². The highest BCUT2D eigenvalue weighted by atomic mass is 14.9. The molecule has 1 unspecified atom stereocenters. The van der Waals surface area contributed by atoms with Crippen LogP contribution in [0.25, 0.3) is 0 Å². The van der Waals surface area contributed by atoms with Gasteiger partial charge in [0.2, 0.25) is 0 Å². The van der Waals surface area contributed by atoms with Gasteiger partial charge in [0.15, 0.2) is 0 Å². The maximum absolute atomic E-state index is 3.79. The van der Waals surface area contributed by atoms with Gasteiger partial charge in [0, 0.05) is 6.04 Å². The van der Waals surface area contributed by atoms with Crippen LogP contribution in [0.3, 0.4) is 0 Å². The van der Waals surface area contributed by atoms with Crippen molar-refractivity contribution in [2.24, 2.45) is 17.3 Å². The van der Waals surface area contributed by atoms with Gasteiger partial charge < -0.3 is 5.32 Å². The van der Waals surface area contributed by atoms with Crippen molar-refractivity contribution in [3.05, 3.63) is 0 Å². The lowest BCUT2D eigenvalue weighted by molar-refractivity contribution is 0.130. The zero-order valence-electron chi connectivity index (χ0n) is 13.4. The van der Waals surface area contributed by atoms with Gasteiger partial charge in [0.25, 0.3) is 0 Å². The summed E-state index contributed by atoms with van der Waals surface area (Å²) in [5, 5.41) is 3.79. The lowest BCUT2D eigenvalue weighted by Gasteiger charge is -2.39.